The summed E-state index contributed by atoms with van der Waals surface area (Å²) in [5, 5.41) is 3.20. The molecule has 0 atom stereocenters. The Morgan fingerprint density at radius 1 is 1.40 bits per heavy atom. The lowest BCUT2D eigenvalue weighted by molar-refractivity contribution is 0.580. The van der Waals surface area contributed by atoms with Gasteiger partial charge in [-0.25, -0.2) is 23.1 Å². The van der Waals surface area contributed by atoms with Crippen LogP contribution in [0.15, 0.2) is 29.7 Å². The molecule has 2 rings (SSSR count). The number of imidazole rings is 1. The summed E-state index contributed by atoms with van der Waals surface area (Å²) in [6.45, 7) is 2.67. The number of aromatic amines is 1. The molecule has 9 heteroatoms. The van der Waals surface area contributed by atoms with Gasteiger partial charge in [0.25, 0.3) is 0 Å². The number of nitrogens with one attached hydrogen (secondary N) is 3. The molecule has 0 spiro atoms. The quantitative estimate of drug-likeness (QED) is 0.747. The van der Waals surface area contributed by atoms with Crippen LogP contribution in [0.3, 0.4) is 0 Å². The van der Waals surface area contributed by atoms with E-state index in [1.54, 1.807) is 6.20 Å². The van der Waals surface area contributed by atoms with Gasteiger partial charge in [0.1, 0.15) is 10.7 Å². The number of nitrogens with zero attached hydrogens (tertiary/aromatic N) is 2. The summed E-state index contributed by atoms with van der Waals surface area (Å²) in [6.07, 6.45) is 4.29. The average Bonchev–Trinajstić information content (AvgIpc) is 2.92. The number of hydrogen-bond donors (Lipinski definition) is 3. The Morgan fingerprint density at radius 3 is 2.80 bits per heavy atom. The third-order valence-corrected chi connectivity index (χ3v) is 4.13. The van der Waals surface area contributed by atoms with E-state index in [9.17, 15) is 8.42 Å². The van der Waals surface area contributed by atoms with Crippen LogP contribution in [-0.2, 0) is 16.6 Å². The maximum Gasteiger partial charge on any atom is 0.242 e. The van der Waals surface area contributed by atoms with E-state index in [0.717, 1.165) is 0 Å². The van der Waals surface area contributed by atoms with E-state index in [4.69, 9.17) is 11.6 Å². The molecule has 0 amide bonds. The fourth-order valence-electron chi connectivity index (χ4n) is 1.50. The van der Waals surface area contributed by atoms with Crippen molar-refractivity contribution < 1.29 is 8.42 Å². The highest BCUT2D eigenvalue weighted by Gasteiger charge is 2.16. The smallest absolute Gasteiger partial charge is 0.242 e. The van der Waals surface area contributed by atoms with Gasteiger partial charge >= 0.3 is 0 Å². The summed E-state index contributed by atoms with van der Waals surface area (Å²) >= 11 is 5.98. The van der Waals surface area contributed by atoms with Gasteiger partial charge in [-0.2, -0.15) is 0 Å². The average molecular weight is 316 g/mol. The van der Waals surface area contributed by atoms with Crippen LogP contribution in [0.2, 0.25) is 5.02 Å². The van der Waals surface area contributed by atoms with Crippen molar-refractivity contribution in [3.63, 3.8) is 0 Å². The lowest BCUT2D eigenvalue weighted by atomic mass is 10.4. The maximum atomic E-state index is 12.1. The molecule has 2 aromatic rings. The second-order valence-corrected chi connectivity index (χ2v) is 6.11. The Bertz CT molecular complexity index is 672. The molecule has 0 saturated carbocycles. The normalized spacial score (nSPS) is 11.5. The minimum atomic E-state index is -3.66. The summed E-state index contributed by atoms with van der Waals surface area (Å²) in [7, 11) is -3.66. The van der Waals surface area contributed by atoms with Gasteiger partial charge in [-0.15, -0.1) is 0 Å². The predicted molar refractivity (Wildman–Crippen MR) is 76.0 cm³/mol. The largest absolute Gasteiger partial charge is 0.369 e. The molecule has 0 aliphatic rings. The highest BCUT2D eigenvalue weighted by Crippen LogP contribution is 2.22. The third-order valence-electron chi connectivity index (χ3n) is 2.48. The summed E-state index contributed by atoms with van der Waals surface area (Å²) in [5.41, 5.74) is 0.664. The number of pyridine rings is 1. The molecule has 0 aliphatic heterocycles. The molecule has 3 N–H and O–H groups in total. The molecule has 0 unspecified atom stereocenters. The SMILES string of the molecule is CCNc1ncc(S(=O)(=O)NCc2cnc[nH]2)cc1Cl. The van der Waals surface area contributed by atoms with Gasteiger partial charge in [-0.05, 0) is 13.0 Å². The van der Waals surface area contributed by atoms with E-state index < -0.39 is 10.0 Å². The molecule has 0 aliphatic carbocycles. The van der Waals surface area contributed by atoms with Crippen LogP contribution in [0.25, 0.3) is 0 Å². The summed E-state index contributed by atoms with van der Waals surface area (Å²) in [6, 6.07) is 1.36. The van der Waals surface area contributed by atoms with Crippen LogP contribution >= 0.6 is 11.6 Å². The van der Waals surface area contributed by atoms with Gasteiger partial charge in [0.05, 0.1) is 17.9 Å². The second kappa shape index (κ2) is 6.21. The van der Waals surface area contributed by atoms with E-state index in [1.165, 1.54) is 18.6 Å². The van der Waals surface area contributed by atoms with Crippen molar-refractivity contribution in [2.45, 2.75) is 18.4 Å². The number of rotatable bonds is 6. The summed E-state index contributed by atoms with van der Waals surface area (Å²) < 4.78 is 26.6. The zero-order valence-corrected chi connectivity index (χ0v) is 12.3. The maximum absolute atomic E-state index is 12.1. The van der Waals surface area contributed by atoms with Crippen LogP contribution in [-0.4, -0.2) is 29.9 Å². The van der Waals surface area contributed by atoms with Crippen LogP contribution in [0, 0.1) is 0 Å². The molecule has 2 aromatic heterocycles. The van der Waals surface area contributed by atoms with Crippen molar-refractivity contribution in [1.82, 2.24) is 19.7 Å². The Hall–Kier alpha value is -1.64. The molecule has 2 heterocycles. The Morgan fingerprint density at radius 2 is 2.20 bits per heavy atom. The topological polar surface area (TPSA) is 99.8 Å². The first-order valence-electron chi connectivity index (χ1n) is 5.89. The van der Waals surface area contributed by atoms with Crippen molar-refractivity contribution in [2.24, 2.45) is 0 Å². The molecule has 0 radical (unpaired) electrons. The van der Waals surface area contributed by atoms with Gasteiger partial charge in [0, 0.05) is 24.6 Å². The minimum Gasteiger partial charge on any atom is -0.369 e. The molecular formula is C11H14ClN5O2S. The van der Waals surface area contributed by atoms with Crippen molar-refractivity contribution >= 4 is 27.4 Å². The monoisotopic (exact) mass is 315 g/mol. The van der Waals surface area contributed by atoms with Crippen molar-refractivity contribution in [3.05, 3.63) is 35.5 Å². The van der Waals surface area contributed by atoms with Crippen molar-refractivity contribution in [3.8, 4) is 0 Å². The summed E-state index contributed by atoms with van der Waals surface area (Å²) in [4.78, 5) is 10.6. The first-order chi connectivity index (χ1) is 9.53. The molecule has 7 nitrogen and oxygen atoms in total. The summed E-state index contributed by atoms with van der Waals surface area (Å²) in [5.74, 6) is 0.460. The van der Waals surface area contributed by atoms with Gasteiger partial charge < -0.3 is 10.3 Å². The van der Waals surface area contributed by atoms with Crippen molar-refractivity contribution in [1.29, 1.82) is 0 Å². The van der Waals surface area contributed by atoms with Crippen LogP contribution < -0.4 is 10.0 Å². The number of anilines is 1. The van der Waals surface area contributed by atoms with E-state index in [1.807, 2.05) is 6.92 Å². The Kier molecular flexibility index (Phi) is 4.58. The van der Waals surface area contributed by atoms with Crippen LogP contribution in [0.1, 0.15) is 12.6 Å². The predicted octanol–water partition coefficient (Wildman–Crippen LogP) is 1.37. The fraction of sp³-hybridized carbons (Fsp3) is 0.273. The molecule has 0 saturated heterocycles. The lowest BCUT2D eigenvalue weighted by Gasteiger charge is -2.08. The number of sulfonamides is 1. The highest BCUT2D eigenvalue weighted by atomic mass is 35.5. The fourth-order valence-corrected chi connectivity index (χ4v) is 2.78. The van der Waals surface area contributed by atoms with E-state index in [-0.39, 0.29) is 16.5 Å². The Balaban J connectivity index is 2.14. The molecule has 108 valence electrons. The van der Waals surface area contributed by atoms with Crippen molar-refractivity contribution in [2.75, 3.05) is 11.9 Å². The zero-order valence-electron chi connectivity index (χ0n) is 10.7. The lowest BCUT2D eigenvalue weighted by Crippen LogP contribution is -2.23. The minimum absolute atomic E-state index is 0.0173. The second-order valence-electron chi connectivity index (χ2n) is 3.93. The molecule has 0 aromatic carbocycles. The third kappa shape index (κ3) is 3.47. The number of hydrogen-bond acceptors (Lipinski definition) is 5. The van der Waals surface area contributed by atoms with E-state index in [0.29, 0.717) is 18.1 Å². The number of H-pyrrole nitrogens is 1. The zero-order chi connectivity index (χ0) is 14.6. The van der Waals surface area contributed by atoms with Crippen LogP contribution in [0.4, 0.5) is 5.82 Å². The first-order valence-corrected chi connectivity index (χ1v) is 7.75. The standard InChI is InChI=1S/C11H14ClN5O2S/c1-2-14-11-10(12)3-9(6-15-11)20(18,19)17-5-8-4-13-7-16-8/h3-4,6-7,17H,2,5H2,1H3,(H,13,16)(H,14,15). The van der Waals surface area contributed by atoms with Gasteiger partial charge in [-0.3, -0.25) is 0 Å². The van der Waals surface area contributed by atoms with Gasteiger partial charge in [0.15, 0.2) is 0 Å². The van der Waals surface area contributed by atoms with Gasteiger partial charge in [0.2, 0.25) is 10.0 Å². The van der Waals surface area contributed by atoms with Crippen LogP contribution in [0.5, 0.6) is 0 Å². The number of halogens is 1. The Labute approximate surface area is 121 Å². The molecular weight excluding hydrogens is 302 g/mol. The first kappa shape index (κ1) is 14.8. The number of aromatic nitrogens is 3. The molecule has 20 heavy (non-hydrogen) atoms. The van der Waals surface area contributed by atoms with E-state index >= 15 is 0 Å². The highest BCUT2D eigenvalue weighted by molar-refractivity contribution is 7.89. The van der Waals surface area contributed by atoms with Gasteiger partial charge in [-0.1, -0.05) is 11.6 Å². The van der Waals surface area contributed by atoms with E-state index in [2.05, 4.69) is 25.0 Å². The molecule has 0 bridgehead atoms. The molecule has 0 fully saturated rings.